The van der Waals surface area contributed by atoms with E-state index in [2.05, 4.69) is 9.59 Å². The molecule has 0 saturated heterocycles. The molecule has 0 amide bonds. The quantitative estimate of drug-likeness (QED) is 0.780. The average molecular weight is 245 g/mol. The molecule has 0 aliphatic heterocycles. The van der Waals surface area contributed by atoms with E-state index in [1.165, 1.54) is 17.5 Å². The lowest BCUT2D eigenvalue weighted by Gasteiger charge is -1.91. The molecule has 0 bridgehead atoms. The monoisotopic (exact) mass is 244 g/mol. The predicted molar refractivity (Wildman–Crippen MR) is 57.3 cm³/mol. The highest BCUT2D eigenvalue weighted by molar-refractivity contribution is 7.16. The van der Waals surface area contributed by atoms with E-state index in [-0.39, 0.29) is 5.78 Å². The van der Waals surface area contributed by atoms with Crippen LogP contribution in [0.25, 0.3) is 0 Å². The molecule has 2 rings (SSSR count). The van der Waals surface area contributed by atoms with Crippen molar-refractivity contribution in [1.82, 2.24) is 9.59 Å². The second-order valence-electron chi connectivity index (χ2n) is 2.59. The zero-order chi connectivity index (χ0) is 9.97. The molecule has 72 valence electrons. The lowest BCUT2D eigenvalue weighted by molar-refractivity contribution is 0.0997. The molecule has 2 aromatic rings. The van der Waals surface area contributed by atoms with Gasteiger partial charge in [-0.2, -0.15) is 0 Å². The van der Waals surface area contributed by atoms with Gasteiger partial charge in [0.1, 0.15) is 4.88 Å². The van der Waals surface area contributed by atoms with Crippen LogP contribution < -0.4 is 0 Å². The molecular weight excluding hydrogens is 240 g/mol. The summed E-state index contributed by atoms with van der Waals surface area (Å²) in [5, 5.41) is 3.62. The van der Waals surface area contributed by atoms with E-state index in [0.29, 0.717) is 15.6 Å². The first-order chi connectivity index (χ1) is 6.75. The third-order valence-electron chi connectivity index (χ3n) is 1.60. The number of thiophene rings is 1. The zero-order valence-electron chi connectivity index (χ0n) is 6.94. The normalized spacial score (nSPS) is 10.4. The van der Waals surface area contributed by atoms with Crippen LogP contribution in [-0.2, 0) is 6.42 Å². The maximum absolute atomic E-state index is 11.6. The Balaban J connectivity index is 2.09. The number of carbonyl (C=O) groups is 1. The van der Waals surface area contributed by atoms with Crippen molar-refractivity contribution >= 4 is 40.3 Å². The van der Waals surface area contributed by atoms with Gasteiger partial charge in [-0.15, -0.1) is 16.4 Å². The number of rotatable bonds is 3. The number of carbonyl (C=O) groups excluding carboxylic acids is 1. The van der Waals surface area contributed by atoms with Crippen LogP contribution in [-0.4, -0.2) is 15.4 Å². The Morgan fingerprint density at radius 3 is 2.93 bits per heavy atom. The molecule has 0 fully saturated rings. The van der Waals surface area contributed by atoms with E-state index in [9.17, 15) is 4.79 Å². The smallest absolute Gasteiger partial charge is 0.181 e. The second kappa shape index (κ2) is 4.16. The van der Waals surface area contributed by atoms with Crippen LogP contribution in [0.2, 0.25) is 4.34 Å². The summed E-state index contributed by atoms with van der Waals surface area (Å²) in [6.45, 7) is 0. The van der Waals surface area contributed by atoms with Gasteiger partial charge in [-0.1, -0.05) is 16.1 Å². The minimum Gasteiger partial charge on any atom is -0.293 e. The Morgan fingerprint density at radius 2 is 2.36 bits per heavy atom. The highest BCUT2D eigenvalue weighted by atomic mass is 35.5. The van der Waals surface area contributed by atoms with Gasteiger partial charge in [0.2, 0.25) is 0 Å². The van der Waals surface area contributed by atoms with Gasteiger partial charge < -0.3 is 0 Å². The number of aromatic nitrogens is 2. The zero-order valence-corrected chi connectivity index (χ0v) is 9.33. The number of ketones is 1. The van der Waals surface area contributed by atoms with Crippen molar-refractivity contribution in [3.05, 3.63) is 32.4 Å². The van der Waals surface area contributed by atoms with Crippen LogP contribution in [0.1, 0.15) is 14.5 Å². The minimum absolute atomic E-state index is 0.0403. The van der Waals surface area contributed by atoms with Crippen molar-refractivity contribution in [2.24, 2.45) is 0 Å². The lowest BCUT2D eigenvalue weighted by Crippen LogP contribution is -1.98. The maximum atomic E-state index is 11.6. The fourth-order valence-electron chi connectivity index (χ4n) is 0.982. The van der Waals surface area contributed by atoms with E-state index in [1.807, 2.05) is 6.07 Å². The van der Waals surface area contributed by atoms with Crippen LogP contribution in [0.15, 0.2) is 18.3 Å². The molecule has 0 saturated carbocycles. The van der Waals surface area contributed by atoms with Gasteiger partial charge in [0.25, 0.3) is 0 Å². The largest absolute Gasteiger partial charge is 0.293 e. The minimum atomic E-state index is 0.0403. The molecule has 0 aliphatic carbocycles. The molecule has 0 aromatic carbocycles. The summed E-state index contributed by atoms with van der Waals surface area (Å²) in [5.74, 6) is 0.0403. The topological polar surface area (TPSA) is 42.9 Å². The Hall–Kier alpha value is -0.780. The molecule has 0 radical (unpaired) electrons. The third-order valence-corrected chi connectivity index (χ3v) is 3.54. The standard InChI is InChI=1S/C8H5ClN2OS2/c9-8-2-1-5(13-8)3-6(12)7-4-10-11-14-7/h1-2,4H,3H2. The van der Waals surface area contributed by atoms with Gasteiger partial charge in [-0.25, -0.2) is 0 Å². The third kappa shape index (κ3) is 2.17. The molecule has 0 spiro atoms. The Morgan fingerprint density at radius 1 is 1.50 bits per heavy atom. The van der Waals surface area contributed by atoms with Crippen molar-refractivity contribution in [2.45, 2.75) is 6.42 Å². The lowest BCUT2D eigenvalue weighted by atomic mass is 10.2. The highest BCUT2D eigenvalue weighted by Gasteiger charge is 2.10. The summed E-state index contributed by atoms with van der Waals surface area (Å²) < 4.78 is 4.34. The highest BCUT2D eigenvalue weighted by Crippen LogP contribution is 2.22. The first-order valence-electron chi connectivity index (χ1n) is 3.80. The van der Waals surface area contributed by atoms with E-state index in [4.69, 9.17) is 11.6 Å². The van der Waals surface area contributed by atoms with Crippen LogP contribution >= 0.6 is 34.5 Å². The van der Waals surface area contributed by atoms with Gasteiger partial charge in [-0.3, -0.25) is 4.79 Å². The molecule has 6 heteroatoms. The number of halogens is 1. The number of hydrogen-bond donors (Lipinski definition) is 0. The SMILES string of the molecule is O=C(Cc1ccc(Cl)s1)c1cnns1. The summed E-state index contributed by atoms with van der Waals surface area (Å²) in [5.41, 5.74) is 0. The molecule has 2 aromatic heterocycles. The van der Waals surface area contributed by atoms with Crippen LogP contribution in [0.3, 0.4) is 0 Å². The van der Waals surface area contributed by atoms with Crippen molar-refractivity contribution in [3.8, 4) is 0 Å². The van der Waals surface area contributed by atoms with Gasteiger partial charge in [-0.05, 0) is 23.7 Å². The molecule has 14 heavy (non-hydrogen) atoms. The average Bonchev–Trinajstić information content (AvgIpc) is 2.75. The molecular formula is C8H5ClN2OS2. The van der Waals surface area contributed by atoms with Crippen molar-refractivity contribution in [3.63, 3.8) is 0 Å². The molecule has 2 heterocycles. The fraction of sp³-hybridized carbons (Fsp3) is 0.125. The summed E-state index contributed by atoms with van der Waals surface area (Å²) in [7, 11) is 0. The molecule has 3 nitrogen and oxygen atoms in total. The summed E-state index contributed by atoms with van der Waals surface area (Å²) in [6, 6.07) is 3.65. The number of Topliss-reactive ketones (excluding diaryl/α,β-unsaturated/α-hetero) is 1. The van der Waals surface area contributed by atoms with Crippen molar-refractivity contribution in [1.29, 1.82) is 0 Å². The summed E-state index contributed by atoms with van der Waals surface area (Å²) >= 11 is 8.29. The molecule has 0 atom stereocenters. The van der Waals surface area contributed by atoms with Crippen molar-refractivity contribution in [2.75, 3.05) is 0 Å². The van der Waals surface area contributed by atoms with E-state index in [0.717, 1.165) is 16.4 Å². The number of hydrogen-bond acceptors (Lipinski definition) is 5. The molecule has 0 unspecified atom stereocenters. The number of nitrogens with zero attached hydrogens (tertiary/aromatic N) is 2. The first kappa shape index (κ1) is 9.76. The summed E-state index contributed by atoms with van der Waals surface area (Å²) in [6.07, 6.45) is 1.86. The van der Waals surface area contributed by atoms with Gasteiger partial charge in [0, 0.05) is 11.3 Å². The molecule has 0 N–H and O–H groups in total. The predicted octanol–water partition coefficient (Wildman–Crippen LogP) is 2.68. The van der Waals surface area contributed by atoms with Crippen molar-refractivity contribution < 1.29 is 4.79 Å². The second-order valence-corrected chi connectivity index (χ2v) is 5.17. The van der Waals surface area contributed by atoms with Crippen LogP contribution in [0, 0.1) is 0 Å². The summed E-state index contributed by atoms with van der Waals surface area (Å²) in [4.78, 5) is 13.1. The molecule has 0 aliphatic rings. The van der Waals surface area contributed by atoms with Gasteiger partial charge in [0.15, 0.2) is 5.78 Å². The van der Waals surface area contributed by atoms with Gasteiger partial charge in [0.05, 0.1) is 10.5 Å². The Kier molecular flexibility index (Phi) is 2.90. The fourth-order valence-corrected chi connectivity index (χ4v) is 2.52. The van der Waals surface area contributed by atoms with Crippen LogP contribution in [0.4, 0.5) is 0 Å². The first-order valence-corrected chi connectivity index (χ1v) is 5.77. The van der Waals surface area contributed by atoms with E-state index in [1.54, 1.807) is 6.07 Å². The van der Waals surface area contributed by atoms with Crippen LogP contribution in [0.5, 0.6) is 0 Å². The Labute approximate surface area is 93.5 Å². The maximum Gasteiger partial charge on any atom is 0.181 e. The van der Waals surface area contributed by atoms with Gasteiger partial charge >= 0.3 is 0 Å². The Bertz CT molecular complexity index is 438. The van der Waals surface area contributed by atoms with E-state index < -0.39 is 0 Å². The van der Waals surface area contributed by atoms with E-state index >= 15 is 0 Å².